The van der Waals surface area contributed by atoms with Gasteiger partial charge in [0.2, 0.25) is 0 Å². The van der Waals surface area contributed by atoms with Crippen molar-refractivity contribution in [3.63, 3.8) is 0 Å². The molecule has 0 fully saturated rings. The topological polar surface area (TPSA) is 16.4 Å². The zero-order valence-electron chi connectivity index (χ0n) is 33.9. The van der Waals surface area contributed by atoms with Gasteiger partial charge in [-0.3, -0.25) is 0 Å². The third kappa shape index (κ3) is 5.96. The largest absolute Gasteiger partial charge is 0.456 e. The van der Waals surface area contributed by atoms with E-state index in [1.54, 1.807) is 0 Å². The molecule has 290 valence electrons. The zero-order chi connectivity index (χ0) is 41.0. The minimum Gasteiger partial charge on any atom is -0.456 e. The third-order valence-corrected chi connectivity index (χ3v) is 12.5. The summed E-state index contributed by atoms with van der Waals surface area (Å²) >= 11 is 0. The van der Waals surface area contributed by atoms with Crippen LogP contribution in [0.3, 0.4) is 0 Å². The Morgan fingerprint density at radius 1 is 0.290 bits per heavy atom. The second kappa shape index (κ2) is 14.8. The Hall–Kier alpha value is -8.20. The van der Waals surface area contributed by atoms with E-state index in [1.165, 1.54) is 60.1 Å². The molecule has 0 unspecified atom stereocenters. The molecule has 0 aliphatic heterocycles. The Balaban J connectivity index is 1.06. The van der Waals surface area contributed by atoms with Gasteiger partial charge in [-0.1, -0.05) is 200 Å². The normalized spacial score (nSPS) is 11.5. The number of hydrogen-bond acceptors (Lipinski definition) is 2. The molecule has 0 radical (unpaired) electrons. The molecule has 0 atom stereocenters. The Morgan fingerprint density at radius 3 is 1.61 bits per heavy atom. The van der Waals surface area contributed by atoms with E-state index in [0.717, 1.165) is 55.7 Å². The highest BCUT2D eigenvalue weighted by Crippen LogP contribution is 2.50. The number of benzene rings is 11. The third-order valence-electron chi connectivity index (χ3n) is 12.5. The van der Waals surface area contributed by atoms with Gasteiger partial charge >= 0.3 is 0 Å². The van der Waals surface area contributed by atoms with Gasteiger partial charge < -0.3 is 9.32 Å². The highest BCUT2D eigenvalue weighted by atomic mass is 16.3. The molecule has 0 aliphatic rings. The molecule has 11 aromatic carbocycles. The van der Waals surface area contributed by atoms with Crippen LogP contribution in [0, 0.1) is 0 Å². The molecular weight excluding hydrogens is 751 g/mol. The van der Waals surface area contributed by atoms with E-state index in [2.05, 4.69) is 235 Å². The number of furan rings is 1. The van der Waals surface area contributed by atoms with Gasteiger partial charge in [0.1, 0.15) is 11.2 Å². The lowest BCUT2D eigenvalue weighted by molar-refractivity contribution is 0.669. The summed E-state index contributed by atoms with van der Waals surface area (Å²) in [6.07, 6.45) is 0. The van der Waals surface area contributed by atoms with E-state index in [-0.39, 0.29) is 0 Å². The molecule has 0 spiro atoms. The van der Waals surface area contributed by atoms with Crippen LogP contribution in [0.5, 0.6) is 0 Å². The summed E-state index contributed by atoms with van der Waals surface area (Å²) < 4.78 is 6.37. The number of hydrogen-bond donors (Lipinski definition) is 0. The SMILES string of the molecule is c1ccc(-c2c(N(c3ccc(-c4ccc(-c5cccc6ccccc56)cc4)cc3)c3cccc(-c4cccc5oc6ccccc6c45)c3)c3ccccc3c3ccccc23)cc1. The fourth-order valence-electron chi connectivity index (χ4n) is 9.61. The fraction of sp³-hybridized carbons (Fsp3) is 0. The maximum absolute atomic E-state index is 6.37. The van der Waals surface area contributed by atoms with E-state index in [9.17, 15) is 0 Å². The van der Waals surface area contributed by atoms with E-state index in [4.69, 9.17) is 4.42 Å². The summed E-state index contributed by atoms with van der Waals surface area (Å²) in [6, 6.07) is 85.5. The van der Waals surface area contributed by atoms with E-state index >= 15 is 0 Å². The second-order valence-corrected chi connectivity index (χ2v) is 16.0. The first-order valence-electron chi connectivity index (χ1n) is 21.3. The summed E-state index contributed by atoms with van der Waals surface area (Å²) in [5.41, 5.74) is 14.5. The monoisotopic (exact) mass is 789 g/mol. The molecule has 0 saturated heterocycles. The number of rotatable bonds is 7. The van der Waals surface area contributed by atoms with Gasteiger partial charge in [-0.25, -0.2) is 0 Å². The molecule has 62 heavy (non-hydrogen) atoms. The van der Waals surface area contributed by atoms with Crippen molar-refractivity contribution < 1.29 is 4.42 Å². The van der Waals surface area contributed by atoms with Crippen molar-refractivity contribution >= 4 is 71.3 Å². The summed E-state index contributed by atoms with van der Waals surface area (Å²) in [7, 11) is 0. The van der Waals surface area contributed by atoms with Gasteiger partial charge in [0.25, 0.3) is 0 Å². The van der Waals surface area contributed by atoms with Crippen LogP contribution in [-0.4, -0.2) is 0 Å². The minimum absolute atomic E-state index is 0.888. The van der Waals surface area contributed by atoms with E-state index in [0.29, 0.717) is 0 Å². The van der Waals surface area contributed by atoms with Gasteiger partial charge in [-0.15, -0.1) is 0 Å². The van der Waals surface area contributed by atoms with Crippen LogP contribution in [0.1, 0.15) is 0 Å². The Labute approximate surface area is 360 Å². The number of para-hydroxylation sites is 1. The standard InChI is InChI=1S/C60H39NO/c1-2-16-44(17-3-1)58-53-24-8-6-22-51(53)52-23-7-9-25-54(52)60(58)61(47-20-12-19-45(39-47)50-28-14-30-57-59(50)55-26-10-11-29-56(55)62-57)46-37-35-41(36-38-46)40-31-33-43(34-32-40)49-27-13-18-42-15-4-5-21-48(42)49/h1-39H. The van der Waals surface area contributed by atoms with Crippen LogP contribution < -0.4 is 4.90 Å². The van der Waals surface area contributed by atoms with Crippen LogP contribution in [0.4, 0.5) is 17.1 Å². The summed E-state index contributed by atoms with van der Waals surface area (Å²) in [4.78, 5) is 2.47. The molecule has 2 heteroatoms. The molecular formula is C60H39NO. The maximum atomic E-state index is 6.37. The van der Waals surface area contributed by atoms with Crippen molar-refractivity contribution in [2.45, 2.75) is 0 Å². The molecule has 2 nitrogen and oxygen atoms in total. The molecule has 0 N–H and O–H groups in total. The Bertz CT molecular complexity index is 3610. The van der Waals surface area contributed by atoms with Crippen molar-refractivity contribution in [2.75, 3.05) is 4.90 Å². The molecule has 0 saturated carbocycles. The first-order chi connectivity index (χ1) is 30.8. The summed E-state index contributed by atoms with van der Waals surface area (Å²) in [5.74, 6) is 0. The number of nitrogens with zero attached hydrogens (tertiary/aromatic N) is 1. The van der Waals surface area contributed by atoms with Gasteiger partial charge in [0, 0.05) is 33.1 Å². The smallest absolute Gasteiger partial charge is 0.136 e. The lowest BCUT2D eigenvalue weighted by Gasteiger charge is -2.31. The van der Waals surface area contributed by atoms with Crippen molar-refractivity contribution in [1.29, 1.82) is 0 Å². The van der Waals surface area contributed by atoms with E-state index in [1.807, 2.05) is 6.07 Å². The molecule has 1 aromatic heterocycles. The highest BCUT2D eigenvalue weighted by Gasteiger charge is 2.24. The van der Waals surface area contributed by atoms with Gasteiger partial charge in [0.15, 0.2) is 0 Å². The van der Waals surface area contributed by atoms with Crippen molar-refractivity contribution in [2.24, 2.45) is 0 Å². The average Bonchev–Trinajstić information content (AvgIpc) is 3.74. The molecule has 1 heterocycles. The lowest BCUT2D eigenvalue weighted by Crippen LogP contribution is -2.12. The molecule has 0 bridgehead atoms. The molecule has 12 aromatic rings. The number of anilines is 3. The van der Waals surface area contributed by atoms with Crippen LogP contribution in [0.15, 0.2) is 241 Å². The van der Waals surface area contributed by atoms with Crippen molar-refractivity contribution in [3.05, 3.63) is 237 Å². The maximum Gasteiger partial charge on any atom is 0.136 e. The van der Waals surface area contributed by atoms with Gasteiger partial charge in [-0.05, 0) is 102 Å². The van der Waals surface area contributed by atoms with Gasteiger partial charge in [-0.2, -0.15) is 0 Å². The fourth-order valence-corrected chi connectivity index (χ4v) is 9.61. The first-order valence-corrected chi connectivity index (χ1v) is 21.3. The van der Waals surface area contributed by atoms with Crippen LogP contribution in [0.25, 0.3) is 98.8 Å². The van der Waals surface area contributed by atoms with Crippen molar-refractivity contribution in [1.82, 2.24) is 0 Å². The molecule has 0 amide bonds. The zero-order valence-corrected chi connectivity index (χ0v) is 33.9. The summed E-state index contributed by atoms with van der Waals surface area (Å²) in [6.45, 7) is 0. The number of fused-ring (bicyclic) bond motifs is 7. The van der Waals surface area contributed by atoms with E-state index < -0.39 is 0 Å². The summed E-state index contributed by atoms with van der Waals surface area (Å²) in [5, 5.41) is 9.62. The second-order valence-electron chi connectivity index (χ2n) is 16.0. The van der Waals surface area contributed by atoms with Crippen LogP contribution >= 0.6 is 0 Å². The lowest BCUT2D eigenvalue weighted by atomic mass is 9.89. The quantitative estimate of drug-likeness (QED) is 0.150. The predicted molar refractivity (Wildman–Crippen MR) is 263 cm³/mol. The van der Waals surface area contributed by atoms with Crippen molar-refractivity contribution in [3.8, 4) is 44.5 Å². The predicted octanol–water partition coefficient (Wildman–Crippen LogP) is 17.2. The molecule has 0 aliphatic carbocycles. The highest BCUT2D eigenvalue weighted by molar-refractivity contribution is 6.22. The minimum atomic E-state index is 0.888. The Morgan fingerprint density at radius 2 is 0.823 bits per heavy atom. The average molecular weight is 790 g/mol. The van der Waals surface area contributed by atoms with Gasteiger partial charge in [0.05, 0.1) is 5.69 Å². The Kier molecular flexibility index (Phi) is 8.53. The first kappa shape index (κ1) is 35.7. The van der Waals surface area contributed by atoms with Crippen LogP contribution in [0.2, 0.25) is 0 Å². The molecule has 12 rings (SSSR count). The van der Waals surface area contributed by atoms with Crippen LogP contribution in [-0.2, 0) is 0 Å².